The number of benzene rings is 2. The van der Waals surface area contributed by atoms with Crippen LogP contribution in [0.5, 0.6) is 0 Å². The molecule has 0 aliphatic carbocycles. The number of nitrogen functional groups attached to an aromatic ring is 2. The molecule has 0 aliphatic rings. The molecule has 0 spiro atoms. The lowest BCUT2D eigenvalue weighted by Gasteiger charge is -2.11. The van der Waals surface area contributed by atoms with Gasteiger partial charge in [-0.1, -0.05) is 4.98 Å². The Kier molecular flexibility index (Phi) is 5.27. The van der Waals surface area contributed by atoms with Gasteiger partial charge in [0.05, 0.1) is 12.6 Å². The summed E-state index contributed by atoms with van der Waals surface area (Å²) in [4.78, 5) is 22.5. The van der Waals surface area contributed by atoms with Crippen molar-refractivity contribution in [3.8, 4) is 0 Å². The van der Waals surface area contributed by atoms with Crippen molar-refractivity contribution in [2.24, 2.45) is 7.05 Å². The van der Waals surface area contributed by atoms with Crippen molar-refractivity contribution in [2.75, 3.05) is 30.5 Å². The van der Waals surface area contributed by atoms with Crippen LogP contribution in [0.25, 0.3) is 21.5 Å². The molecule has 4 aromatic rings. The fourth-order valence-electron chi connectivity index (χ4n) is 2.49. The highest BCUT2D eigenvalue weighted by Crippen LogP contribution is 2.21. The molecule has 0 saturated carbocycles. The third-order valence-electron chi connectivity index (χ3n) is 4.12. The summed E-state index contributed by atoms with van der Waals surface area (Å²) >= 11 is 1.35. The molecule has 2 aromatic carbocycles. The minimum Gasteiger partial charge on any atom is -0.478 e. The molecular weight excluding hydrogens is 376 g/mol. The highest BCUT2D eigenvalue weighted by Gasteiger charge is 2.16. The lowest BCUT2D eigenvalue weighted by molar-refractivity contribution is -0.628. The van der Waals surface area contributed by atoms with Gasteiger partial charge in [0, 0.05) is 25.5 Å². The first kappa shape index (κ1) is 19.3. The van der Waals surface area contributed by atoms with Crippen molar-refractivity contribution >= 4 is 55.3 Å². The molecule has 28 heavy (non-hydrogen) atoms. The van der Waals surface area contributed by atoms with Crippen LogP contribution < -0.4 is 20.9 Å². The molecule has 2 heterocycles. The van der Waals surface area contributed by atoms with Crippen molar-refractivity contribution in [3.05, 3.63) is 48.0 Å². The maximum Gasteiger partial charge on any atom is 0.335 e. The smallest absolute Gasteiger partial charge is 0.335 e. The monoisotopic (exact) mass is 397 g/mol. The van der Waals surface area contributed by atoms with Gasteiger partial charge in [-0.2, -0.15) is 0 Å². The Balaban J connectivity index is 0.000000192. The zero-order valence-electron chi connectivity index (χ0n) is 15.7. The molecule has 0 unspecified atom stereocenters. The number of anilines is 3. The number of nitrogens with two attached hydrogens (primary N) is 2. The number of fused-ring (bicyclic) bond motifs is 2. The van der Waals surface area contributed by atoms with Crippen molar-refractivity contribution < 1.29 is 14.5 Å². The van der Waals surface area contributed by atoms with Gasteiger partial charge < -0.3 is 21.5 Å². The Morgan fingerprint density at radius 3 is 2.36 bits per heavy atom. The predicted molar refractivity (Wildman–Crippen MR) is 113 cm³/mol. The van der Waals surface area contributed by atoms with Crippen LogP contribution in [0.1, 0.15) is 10.4 Å². The first-order valence-corrected chi connectivity index (χ1v) is 9.20. The summed E-state index contributed by atoms with van der Waals surface area (Å²) in [5.41, 5.74) is 15.4. The lowest BCUT2D eigenvalue weighted by atomic mass is 10.2. The van der Waals surface area contributed by atoms with Gasteiger partial charge >= 0.3 is 5.97 Å². The highest BCUT2D eigenvalue weighted by atomic mass is 32.1. The standard InChI is InChI=1S/C11H8N4O2S.C8H12N2/c1-15-8-9(18-11(15)12)14-6-3-2-5(10(16)17)4-7(6)13-8;1-10(2)8-5-3-7(9)4-6-8/h2-4,12H,1H3,(H,16,17);3-6H,9H2,1-2H3/p+1. The number of rotatable bonds is 2. The second-order valence-electron chi connectivity index (χ2n) is 6.35. The fraction of sp³-hybridized carbons (Fsp3) is 0.158. The summed E-state index contributed by atoms with van der Waals surface area (Å²) in [6.45, 7) is 0. The topological polar surface area (TPSA) is 122 Å². The van der Waals surface area contributed by atoms with Gasteiger partial charge in [0.25, 0.3) is 10.8 Å². The van der Waals surface area contributed by atoms with E-state index in [0.29, 0.717) is 21.8 Å². The van der Waals surface area contributed by atoms with Crippen LogP contribution in [-0.4, -0.2) is 35.1 Å². The number of aromatic carboxylic acids is 1. The van der Waals surface area contributed by atoms with E-state index in [2.05, 4.69) is 9.97 Å². The lowest BCUT2D eigenvalue weighted by Crippen LogP contribution is -2.30. The Morgan fingerprint density at radius 1 is 1.07 bits per heavy atom. The molecule has 8 nitrogen and oxygen atoms in total. The molecule has 9 heteroatoms. The van der Waals surface area contributed by atoms with Gasteiger partial charge in [-0.15, -0.1) is 0 Å². The van der Waals surface area contributed by atoms with E-state index >= 15 is 0 Å². The molecule has 144 valence electrons. The molecule has 0 bridgehead atoms. The van der Waals surface area contributed by atoms with Crippen molar-refractivity contribution in [1.82, 2.24) is 9.97 Å². The second kappa shape index (κ2) is 7.65. The summed E-state index contributed by atoms with van der Waals surface area (Å²) in [5.74, 6) is -0.979. The average molecular weight is 397 g/mol. The van der Waals surface area contributed by atoms with Crippen LogP contribution in [0.4, 0.5) is 16.5 Å². The van der Waals surface area contributed by atoms with Crippen molar-refractivity contribution in [3.63, 3.8) is 0 Å². The highest BCUT2D eigenvalue weighted by molar-refractivity contribution is 7.21. The van der Waals surface area contributed by atoms with Gasteiger partial charge in [-0.3, -0.25) is 0 Å². The molecule has 5 N–H and O–H groups in total. The summed E-state index contributed by atoms with van der Waals surface area (Å²) in [7, 11) is 5.81. The van der Waals surface area contributed by atoms with Gasteiger partial charge in [0.15, 0.2) is 10.3 Å². The van der Waals surface area contributed by atoms with Gasteiger partial charge in [0.1, 0.15) is 5.52 Å². The summed E-state index contributed by atoms with van der Waals surface area (Å²) in [5, 5.41) is 9.55. The quantitative estimate of drug-likeness (QED) is 0.350. The Morgan fingerprint density at radius 2 is 1.75 bits per heavy atom. The van der Waals surface area contributed by atoms with E-state index in [1.807, 2.05) is 43.3 Å². The minimum absolute atomic E-state index is 0.196. The summed E-state index contributed by atoms with van der Waals surface area (Å²) in [6.07, 6.45) is 0. The molecule has 0 saturated heterocycles. The number of thiazole rings is 1. The predicted octanol–water partition coefficient (Wildman–Crippen LogP) is 2.28. The van der Waals surface area contributed by atoms with Gasteiger partial charge in [-0.25, -0.2) is 14.3 Å². The molecule has 0 radical (unpaired) electrons. The zero-order valence-corrected chi connectivity index (χ0v) is 16.6. The number of nitrogens with zero attached hydrogens (tertiary/aromatic N) is 4. The van der Waals surface area contributed by atoms with Crippen molar-refractivity contribution in [2.45, 2.75) is 0 Å². The largest absolute Gasteiger partial charge is 0.478 e. The van der Waals surface area contributed by atoms with Crippen molar-refractivity contribution in [1.29, 1.82) is 0 Å². The number of aryl methyl sites for hydroxylation is 1. The van der Waals surface area contributed by atoms with Crippen LogP contribution in [0.3, 0.4) is 0 Å². The van der Waals surface area contributed by atoms with Crippen LogP contribution >= 0.6 is 11.3 Å². The third kappa shape index (κ3) is 3.94. The van der Waals surface area contributed by atoms with Gasteiger partial charge in [-0.05, 0) is 53.8 Å². The Labute approximate surface area is 165 Å². The number of carboxylic acid groups (broad SMARTS) is 1. The number of hydrogen-bond acceptors (Lipinski definition) is 7. The minimum atomic E-state index is -0.979. The van der Waals surface area contributed by atoms with E-state index in [0.717, 1.165) is 10.5 Å². The molecule has 0 atom stereocenters. The van der Waals surface area contributed by atoms with Crippen LogP contribution in [0.15, 0.2) is 42.5 Å². The fourth-order valence-corrected chi connectivity index (χ4v) is 3.33. The molecule has 2 aromatic heterocycles. The number of carbonyl (C=O) groups is 1. The molecular formula is C19H21N6O2S+. The Bertz CT molecular complexity index is 1150. The molecule has 0 fully saturated rings. The van der Waals surface area contributed by atoms with Crippen LogP contribution in [0, 0.1) is 0 Å². The normalized spacial score (nSPS) is 10.5. The van der Waals surface area contributed by atoms with Crippen LogP contribution in [0.2, 0.25) is 0 Å². The molecule has 0 aliphatic heterocycles. The van der Waals surface area contributed by atoms with E-state index in [1.165, 1.54) is 29.2 Å². The maximum absolute atomic E-state index is 10.9. The van der Waals surface area contributed by atoms with E-state index in [4.69, 9.17) is 16.6 Å². The number of aromatic nitrogens is 3. The van der Waals surface area contributed by atoms with E-state index < -0.39 is 5.97 Å². The Hall–Kier alpha value is -3.46. The number of carboxylic acids is 1. The second-order valence-corrected chi connectivity index (χ2v) is 7.36. The third-order valence-corrected chi connectivity index (χ3v) is 5.07. The molecule has 0 amide bonds. The zero-order chi connectivity index (χ0) is 20.4. The van der Waals surface area contributed by atoms with E-state index in [-0.39, 0.29) is 5.56 Å². The maximum atomic E-state index is 10.9. The summed E-state index contributed by atoms with van der Waals surface area (Å²) in [6, 6.07) is 12.5. The van der Waals surface area contributed by atoms with Gasteiger partial charge in [0.2, 0.25) is 0 Å². The first-order valence-electron chi connectivity index (χ1n) is 8.38. The SMILES string of the molecule is CN(C)c1ccc(N)cc1.C[n+]1c(N)sc2nc3ccc(C(=O)O)cc3nc21. The summed E-state index contributed by atoms with van der Waals surface area (Å²) < 4.78 is 1.74. The molecule has 4 rings (SSSR count). The van der Waals surface area contributed by atoms with Crippen LogP contribution in [-0.2, 0) is 7.05 Å². The van der Waals surface area contributed by atoms with E-state index in [1.54, 1.807) is 17.7 Å². The number of hydrogen-bond donors (Lipinski definition) is 3. The average Bonchev–Trinajstić information content (AvgIpc) is 2.93. The van der Waals surface area contributed by atoms with E-state index in [9.17, 15) is 4.79 Å². The first-order chi connectivity index (χ1) is 13.3.